The maximum atomic E-state index is 13.6. The van der Waals surface area contributed by atoms with E-state index in [2.05, 4.69) is 32.7 Å². The van der Waals surface area contributed by atoms with Crippen molar-refractivity contribution >= 4 is 23.5 Å². The van der Waals surface area contributed by atoms with E-state index in [1.165, 1.54) is 12.8 Å². The van der Waals surface area contributed by atoms with Crippen molar-refractivity contribution in [3.05, 3.63) is 12.7 Å². The molecule has 0 saturated heterocycles. The number of hydrogen-bond acceptors (Lipinski definition) is 7. The van der Waals surface area contributed by atoms with Crippen LogP contribution in [0.5, 0.6) is 0 Å². The van der Waals surface area contributed by atoms with Gasteiger partial charge in [0, 0.05) is 40.5 Å². The van der Waals surface area contributed by atoms with Gasteiger partial charge in [0.05, 0.1) is 18.0 Å². The molecule has 6 nitrogen and oxygen atoms in total. The Kier molecular flexibility index (Phi) is 7.13. The smallest absolute Gasteiger partial charge is 0.316 e. The Bertz CT molecular complexity index is 1020. The van der Waals surface area contributed by atoms with Crippen molar-refractivity contribution in [2.24, 2.45) is 45.8 Å². The van der Waals surface area contributed by atoms with Crippen molar-refractivity contribution in [1.82, 2.24) is 5.32 Å². The number of rotatable bonds is 7. The Hall–Kier alpha value is -0.890. The van der Waals surface area contributed by atoms with Crippen LogP contribution in [-0.2, 0) is 14.3 Å². The summed E-state index contributed by atoms with van der Waals surface area (Å²) in [5, 5.41) is 26.4. The second-order valence-corrected chi connectivity index (χ2v) is 16.0. The van der Waals surface area contributed by atoms with Crippen molar-refractivity contribution in [3.8, 4) is 0 Å². The van der Waals surface area contributed by atoms with Gasteiger partial charge in [-0.2, -0.15) is 0 Å². The number of carbonyl (C=O) groups excluding carboxylic acids is 2. The number of nitrogens with one attached hydrogen (secondary N) is 1. The zero-order valence-corrected chi connectivity index (χ0v) is 25.1. The lowest BCUT2D eigenvalue weighted by molar-refractivity contribution is -0.205. The number of esters is 1. The summed E-state index contributed by atoms with van der Waals surface area (Å²) in [6, 6.07) is 1.20. The van der Waals surface area contributed by atoms with Crippen molar-refractivity contribution in [2.45, 2.75) is 121 Å². The molecule has 6 aliphatic rings. The van der Waals surface area contributed by atoms with E-state index in [-0.39, 0.29) is 52.0 Å². The van der Waals surface area contributed by atoms with Gasteiger partial charge in [0.15, 0.2) is 0 Å². The lowest BCUT2D eigenvalue weighted by Crippen LogP contribution is -2.63. The molecule has 6 rings (SSSR count). The summed E-state index contributed by atoms with van der Waals surface area (Å²) in [5.74, 6) is 1.06. The fraction of sp³-hybridized carbons (Fsp3) is 0.875. The van der Waals surface area contributed by atoms with Crippen molar-refractivity contribution in [2.75, 3.05) is 5.75 Å². The number of hydrogen-bond donors (Lipinski definition) is 3. The quantitative estimate of drug-likeness (QED) is 0.312. The molecule has 0 aromatic heterocycles. The summed E-state index contributed by atoms with van der Waals surface area (Å²) in [6.07, 6.45) is 8.60. The molecule has 7 heteroatoms. The Balaban J connectivity index is 1.19. The summed E-state index contributed by atoms with van der Waals surface area (Å²) in [6.45, 7) is 12.7. The highest BCUT2D eigenvalue weighted by molar-refractivity contribution is 8.00. The molecule has 13 atom stereocenters. The van der Waals surface area contributed by atoms with Gasteiger partial charge in [-0.25, -0.2) is 0 Å². The van der Waals surface area contributed by atoms with E-state index in [0.29, 0.717) is 36.8 Å². The van der Waals surface area contributed by atoms with Crippen LogP contribution in [0.2, 0.25) is 0 Å². The molecule has 6 aliphatic carbocycles. The maximum Gasteiger partial charge on any atom is 0.316 e. The molecular weight excluding hydrogens is 510 g/mol. The number of carbonyl (C=O) groups is 2. The lowest BCUT2D eigenvalue weighted by atomic mass is 9.44. The number of ketones is 1. The van der Waals surface area contributed by atoms with Gasteiger partial charge < -0.3 is 20.3 Å². The van der Waals surface area contributed by atoms with Crippen LogP contribution in [-0.4, -0.2) is 63.4 Å². The van der Waals surface area contributed by atoms with Gasteiger partial charge in [-0.15, -0.1) is 18.3 Å². The first kappa shape index (κ1) is 28.2. The van der Waals surface area contributed by atoms with Gasteiger partial charge >= 0.3 is 5.97 Å². The van der Waals surface area contributed by atoms with Crippen LogP contribution in [0.3, 0.4) is 0 Å². The molecule has 3 N–H and O–H groups in total. The topological polar surface area (TPSA) is 95.9 Å². The van der Waals surface area contributed by atoms with E-state index < -0.39 is 23.0 Å². The predicted molar refractivity (Wildman–Crippen MR) is 153 cm³/mol. The second kappa shape index (κ2) is 9.84. The van der Waals surface area contributed by atoms with Crippen LogP contribution in [0.1, 0.15) is 85.5 Å². The number of Topliss-reactive ketones (excluding diaryl/α,β-unsaturated/α-hetero) is 1. The number of fused-ring (bicyclic) bond motifs is 1. The number of aliphatic hydroxyl groups excluding tert-OH is 2. The van der Waals surface area contributed by atoms with E-state index >= 15 is 0 Å². The number of thioether (sulfide) groups is 1. The minimum absolute atomic E-state index is 0.0339. The molecule has 0 aliphatic heterocycles. The normalized spacial score (nSPS) is 52.7. The van der Waals surface area contributed by atoms with Crippen LogP contribution in [0.25, 0.3) is 0 Å². The molecule has 0 heterocycles. The SMILES string of the molecule is C=C[C@]1(C)C[C@@H](OC(=O)CS[C@H]2C[C@@H]3[C@@H](C[C@@H]3NC3CC3)[C@@H]2O)[C@]2(C)C(C)CCC3(CCC(=O)[C@H]32)[C@@H](C)C1O. The monoisotopic (exact) mass is 559 g/mol. The summed E-state index contributed by atoms with van der Waals surface area (Å²) < 4.78 is 6.40. The predicted octanol–water partition coefficient (Wildman–Crippen LogP) is 4.52. The number of aliphatic hydroxyl groups is 2. The molecule has 6 saturated carbocycles. The molecule has 6 fully saturated rings. The first-order valence-corrected chi connectivity index (χ1v) is 16.6. The van der Waals surface area contributed by atoms with Gasteiger partial charge in [-0.05, 0) is 80.5 Å². The zero-order valence-electron chi connectivity index (χ0n) is 24.2. The Morgan fingerprint density at radius 1 is 1.15 bits per heavy atom. The molecule has 0 aromatic carbocycles. The van der Waals surface area contributed by atoms with Gasteiger partial charge in [-0.1, -0.05) is 33.8 Å². The lowest BCUT2D eigenvalue weighted by Gasteiger charge is -2.61. The Morgan fingerprint density at radius 2 is 1.90 bits per heavy atom. The Labute approximate surface area is 238 Å². The largest absolute Gasteiger partial charge is 0.461 e. The van der Waals surface area contributed by atoms with Crippen LogP contribution < -0.4 is 5.32 Å². The average Bonchev–Trinajstić information content (AvgIpc) is 3.61. The maximum absolute atomic E-state index is 13.6. The molecule has 3 unspecified atom stereocenters. The summed E-state index contributed by atoms with van der Waals surface area (Å²) in [5.41, 5.74) is -1.37. The van der Waals surface area contributed by atoms with Crippen LogP contribution >= 0.6 is 11.8 Å². The van der Waals surface area contributed by atoms with Crippen molar-refractivity contribution < 1.29 is 24.5 Å². The molecule has 0 amide bonds. The third kappa shape index (κ3) is 4.30. The zero-order chi connectivity index (χ0) is 27.9. The van der Waals surface area contributed by atoms with Crippen molar-refractivity contribution in [1.29, 1.82) is 0 Å². The first-order valence-electron chi connectivity index (χ1n) is 15.5. The third-order valence-electron chi connectivity index (χ3n) is 12.9. The third-order valence-corrected chi connectivity index (χ3v) is 14.2. The number of ether oxygens (including phenoxy) is 1. The van der Waals surface area contributed by atoms with E-state index in [0.717, 1.165) is 32.1 Å². The minimum atomic E-state index is -0.654. The molecule has 0 radical (unpaired) electrons. The average molecular weight is 560 g/mol. The molecular formula is C32H49NO5S. The highest BCUT2D eigenvalue weighted by atomic mass is 32.2. The standard InChI is InChI=1S/C32H49NO5S/c1-6-30(4)15-25(31(5)17(2)9-11-32(18(3)29(30)37)12-10-23(34)28(31)32)38-26(35)16-39-24-14-20-21(27(24)36)13-22(20)33-19-7-8-19/h6,17-22,24-25,27-29,33,36-37H,1,7-16H2,2-5H3/t17?,18-,20+,21+,22-,24-,25+,27-,28-,29?,30+,31-,32?/m0/s1. The molecule has 39 heavy (non-hydrogen) atoms. The Morgan fingerprint density at radius 3 is 2.59 bits per heavy atom. The van der Waals surface area contributed by atoms with E-state index in [9.17, 15) is 19.8 Å². The summed E-state index contributed by atoms with van der Waals surface area (Å²) >= 11 is 1.54. The van der Waals surface area contributed by atoms with E-state index in [1.54, 1.807) is 11.8 Å². The summed E-state index contributed by atoms with van der Waals surface area (Å²) in [7, 11) is 0. The van der Waals surface area contributed by atoms with Crippen LogP contribution in [0.4, 0.5) is 0 Å². The highest BCUT2D eigenvalue weighted by Gasteiger charge is 2.68. The fourth-order valence-electron chi connectivity index (χ4n) is 9.94. The van der Waals surface area contributed by atoms with Crippen LogP contribution in [0.15, 0.2) is 12.7 Å². The van der Waals surface area contributed by atoms with Gasteiger partial charge in [-0.3, -0.25) is 9.59 Å². The highest BCUT2D eigenvalue weighted by Crippen LogP contribution is 2.68. The van der Waals surface area contributed by atoms with Crippen molar-refractivity contribution in [3.63, 3.8) is 0 Å². The molecule has 2 bridgehead atoms. The molecule has 218 valence electrons. The van der Waals surface area contributed by atoms with Crippen LogP contribution in [0, 0.1) is 45.8 Å². The molecule has 0 spiro atoms. The first-order chi connectivity index (χ1) is 18.4. The fourth-order valence-corrected chi connectivity index (χ4v) is 11.1. The second-order valence-electron chi connectivity index (χ2n) is 14.8. The van der Waals surface area contributed by atoms with Gasteiger partial charge in [0.25, 0.3) is 0 Å². The minimum Gasteiger partial charge on any atom is -0.461 e. The van der Waals surface area contributed by atoms with Gasteiger partial charge in [0.1, 0.15) is 11.9 Å². The van der Waals surface area contributed by atoms with E-state index in [1.807, 2.05) is 13.0 Å². The van der Waals surface area contributed by atoms with Gasteiger partial charge in [0.2, 0.25) is 0 Å². The summed E-state index contributed by atoms with van der Waals surface area (Å²) in [4.78, 5) is 27.1. The van der Waals surface area contributed by atoms with E-state index in [4.69, 9.17) is 4.74 Å². The molecule has 0 aromatic rings.